The van der Waals surface area contributed by atoms with Crippen LogP contribution in [0.4, 0.5) is 0 Å². The van der Waals surface area contributed by atoms with Gasteiger partial charge in [0, 0.05) is 29.6 Å². The van der Waals surface area contributed by atoms with Crippen LogP contribution in [0.15, 0.2) is 28.3 Å². The van der Waals surface area contributed by atoms with E-state index in [1.54, 1.807) is 23.8 Å². The molecule has 14 heavy (non-hydrogen) atoms. The normalized spacial score (nSPS) is 13.0. The maximum absolute atomic E-state index is 6.04. The van der Waals surface area contributed by atoms with Crippen LogP contribution in [0.2, 0.25) is 0 Å². The van der Waals surface area contributed by atoms with Crippen LogP contribution in [0.3, 0.4) is 0 Å². The van der Waals surface area contributed by atoms with Gasteiger partial charge in [-0.25, -0.2) is 4.98 Å². The van der Waals surface area contributed by atoms with E-state index in [1.807, 2.05) is 18.4 Å². The number of hydrogen-bond acceptors (Lipinski definition) is 4. The zero-order chi connectivity index (χ0) is 9.97. The summed E-state index contributed by atoms with van der Waals surface area (Å²) in [6, 6.07) is 1.91. The van der Waals surface area contributed by atoms with Crippen molar-refractivity contribution in [3.63, 3.8) is 0 Å². The van der Waals surface area contributed by atoms with Gasteiger partial charge >= 0.3 is 0 Å². The lowest BCUT2D eigenvalue weighted by molar-refractivity contribution is 0.524. The molecule has 0 bridgehead atoms. The van der Waals surface area contributed by atoms with Gasteiger partial charge in [-0.2, -0.15) is 0 Å². The first-order valence-electron chi connectivity index (χ1n) is 4.45. The van der Waals surface area contributed by atoms with E-state index in [-0.39, 0.29) is 6.04 Å². The van der Waals surface area contributed by atoms with Crippen molar-refractivity contribution >= 4 is 11.3 Å². The molecule has 0 aliphatic heterocycles. The number of thiazole rings is 1. The molecule has 2 rings (SSSR count). The first-order chi connectivity index (χ1) is 6.77. The summed E-state index contributed by atoms with van der Waals surface area (Å²) in [5, 5.41) is 3.03. The van der Waals surface area contributed by atoms with Gasteiger partial charge in [0.2, 0.25) is 0 Å². The Kier molecular flexibility index (Phi) is 2.65. The van der Waals surface area contributed by atoms with E-state index in [0.29, 0.717) is 0 Å². The van der Waals surface area contributed by atoms with Crippen LogP contribution in [-0.2, 0) is 6.42 Å². The van der Waals surface area contributed by atoms with Crippen LogP contribution < -0.4 is 5.73 Å². The predicted molar refractivity (Wildman–Crippen MR) is 56.2 cm³/mol. The van der Waals surface area contributed by atoms with Crippen molar-refractivity contribution in [1.82, 2.24) is 4.98 Å². The molecule has 0 aliphatic carbocycles. The summed E-state index contributed by atoms with van der Waals surface area (Å²) >= 11 is 1.63. The molecule has 4 heteroatoms. The summed E-state index contributed by atoms with van der Waals surface area (Å²) < 4.78 is 5.21. The molecule has 2 heterocycles. The van der Waals surface area contributed by atoms with Crippen LogP contribution in [0.1, 0.15) is 22.4 Å². The fourth-order valence-corrected chi connectivity index (χ4v) is 2.11. The van der Waals surface area contributed by atoms with Gasteiger partial charge in [0.1, 0.15) is 5.76 Å². The van der Waals surface area contributed by atoms with Crippen LogP contribution in [0, 0.1) is 6.92 Å². The number of hydrogen-bond donors (Lipinski definition) is 1. The van der Waals surface area contributed by atoms with Crippen molar-refractivity contribution < 1.29 is 4.42 Å². The zero-order valence-corrected chi connectivity index (χ0v) is 8.75. The molecule has 0 spiro atoms. The van der Waals surface area contributed by atoms with Crippen molar-refractivity contribution in [3.8, 4) is 0 Å². The number of nitrogens with two attached hydrogens (primary N) is 1. The van der Waals surface area contributed by atoms with Gasteiger partial charge in [-0.3, -0.25) is 0 Å². The van der Waals surface area contributed by atoms with E-state index in [9.17, 15) is 0 Å². The Morgan fingerprint density at radius 3 is 3.07 bits per heavy atom. The minimum atomic E-state index is -0.0140. The second-order valence-electron chi connectivity index (χ2n) is 3.17. The molecule has 0 saturated carbocycles. The van der Waals surface area contributed by atoms with E-state index in [1.165, 1.54) is 0 Å². The molecule has 0 amide bonds. The van der Waals surface area contributed by atoms with E-state index in [0.717, 1.165) is 22.8 Å². The van der Waals surface area contributed by atoms with Crippen molar-refractivity contribution in [2.24, 2.45) is 5.73 Å². The van der Waals surface area contributed by atoms with Crippen LogP contribution in [-0.4, -0.2) is 4.98 Å². The van der Waals surface area contributed by atoms with E-state index in [4.69, 9.17) is 10.2 Å². The molecule has 0 aliphatic rings. The molecular formula is C10H12N2OS. The molecule has 74 valence electrons. The SMILES string of the molecule is Cc1occc1C(N)Cc1nccs1. The second kappa shape index (κ2) is 3.94. The Labute approximate surface area is 86.6 Å². The summed E-state index contributed by atoms with van der Waals surface area (Å²) in [6.45, 7) is 1.93. The Hall–Kier alpha value is -1.13. The van der Waals surface area contributed by atoms with Gasteiger partial charge in [0.05, 0.1) is 11.3 Å². The molecule has 2 aromatic heterocycles. The summed E-state index contributed by atoms with van der Waals surface area (Å²) in [5.74, 6) is 0.897. The molecular weight excluding hydrogens is 196 g/mol. The minimum Gasteiger partial charge on any atom is -0.469 e. The number of nitrogens with zero attached hydrogens (tertiary/aromatic N) is 1. The third-order valence-electron chi connectivity index (χ3n) is 2.18. The summed E-state index contributed by atoms with van der Waals surface area (Å²) in [6.07, 6.45) is 4.25. The maximum atomic E-state index is 6.04. The van der Waals surface area contributed by atoms with Gasteiger partial charge in [0.15, 0.2) is 0 Å². The van der Waals surface area contributed by atoms with Crippen molar-refractivity contribution in [1.29, 1.82) is 0 Å². The Balaban J connectivity index is 2.10. The molecule has 2 aromatic rings. The fraction of sp³-hybridized carbons (Fsp3) is 0.300. The third kappa shape index (κ3) is 1.86. The summed E-state index contributed by atoms with van der Waals surface area (Å²) in [4.78, 5) is 4.20. The van der Waals surface area contributed by atoms with Crippen LogP contribution in [0.25, 0.3) is 0 Å². The Bertz CT molecular complexity index is 394. The summed E-state index contributed by atoms with van der Waals surface area (Å²) in [7, 11) is 0. The van der Waals surface area contributed by atoms with Gasteiger partial charge < -0.3 is 10.2 Å². The lowest BCUT2D eigenvalue weighted by atomic mass is 10.1. The third-order valence-corrected chi connectivity index (χ3v) is 2.98. The number of rotatable bonds is 3. The molecule has 1 unspecified atom stereocenters. The van der Waals surface area contributed by atoms with E-state index >= 15 is 0 Å². The second-order valence-corrected chi connectivity index (χ2v) is 4.15. The highest BCUT2D eigenvalue weighted by Crippen LogP contribution is 2.21. The Morgan fingerprint density at radius 1 is 1.64 bits per heavy atom. The predicted octanol–water partition coefficient (Wildman–Crippen LogP) is 2.29. The van der Waals surface area contributed by atoms with Crippen LogP contribution >= 0.6 is 11.3 Å². The van der Waals surface area contributed by atoms with Gasteiger partial charge in [0.25, 0.3) is 0 Å². The average molecular weight is 208 g/mol. The highest BCUT2D eigenvalue weighted by molar-refractivity contribution is 7.09. The zero-order valence-electron chi connectivity index (χ0n) is 7.93. The largest absolute Gasteiger partial charge is 0.469 e. The Morgan fingerprint density at radius 2 is 2.50 bits per heavy atom. The monoisotopic (exact) mass is 208 g/mol. The maximum Gasteiger partial charge on any atom is 0.105 e. The van der Waals surface area contributed by atoms with Crippen molar-refractivity contribution in [2.45, 2.75) is 19.4 Å². The summed E-state index contributed by atoms with van der Waals surface area (Å²) in [5.41, 5.74) is 7.11. The van der Waals surface area contributed by atoms with Crippen molar-refractivity contribution in [2.75, 3.05) is 0 Å². The quantitative estimate of drug-likeness (QED) is 0.842. The average Bonchev–Trinajstić information content (AvgIpc) is 2.75. The standard InChI is InChI=1S/C10H12N2OS/c1-7-8(2-4-13-7)9(11)6-10-12-3-5-14-10/h2-5,9H,6,11H2,1H3. The molecule has 0 aromatic carbocycles. The first kappa shape index (κ1) is 9.43. The molecule has 0 saturated heterocycles. The first-order valence-corrected chi connectivity index (χ1v) is 5.33. The highest BCUT2D eigenvalue weighted by Gasteiger charge is 2.12. The lowest BCUT2D eigenvalue weighted by Crippen LogP contribution is -2.13. The van der Waals surface area contributed by atoms with Gasteiger partial charge in [-0.15, -0.1) is 11.3 Å². The number of aryl methyl sites for hydroxylation is 1. The number of furan rings is 1. The lowest BCUT2D eigenvalue weighted by Gasteiger charge is -2.07. The van der Waals surface area contributed by atoms with Gasteiger partial charge in [-0.1, -0.05) is 0 Å². The minimum absolute atomic E-state index is 0.0140. The van der Waals surface area contributed by atoms with Crippen LogP contribution in [0.5, 0.6) is 0 Å². The molecule has 1 atom stereocenters. The van der Waals surface area contributed by atoms with E-state index < -0.39 is 0 Å². The molecule has 2 N–H and O–H groups in total. The molecule has 0 radical (unpaired) electrons. The van der Waals surface area contributed by atoms with Gasteiger partial charge in [-0.05, 0) is 13.0 Å². The molecule has 3 nitrogen and oxygen atoms in total. The highest BCUT2D eigenvalue weighted by atomic mass is 32.1. The topological polar surface area (TPSA) is 52.0 Å². The smallest absolute Gasteiger partial charge is 0.105 e. The van der Waals surface area contributed by atoms with Crippen molar-refractivity contribution in [3.05, 3.63) is 40.2 Å². The number of aromatic nitrogens is 1. The van der Waals surface area contributed by atoms with E-state index in [2.05, 4.69) is 4.98 Å². The fourth-order valence-electron chi connectivity index (χ4n) is 1.43. The molecule has 0 fully saturated rings.